The Kier molecular flexibility index (Phi) is 5.74. The molecule has 0 radical (unpaired) electrons. The molecule has 114 valence electrons. The SMILES string of the molecule is Cc1c(N)nc(C(C)(C)C)nc1NCCCC(C)CO. The van der Waals surface area contributed by atoms with E-state index in [0.29, 0.717) is 11.7 Å². The van der Waals surface area contributed by atoms with Crippen LogP contribution in [0.1, 0.15) is 51.9 Å². The number of nitrogens with one attached hydrogen (secondary N) is 1. The zero-order valence-corrected chi connectivity index (χ0v) is 13.3. The zero-order chi connectivity index (χ0) is 15.3. The maximum atomic E-state index is 9.00. The van der Waals surface area contributed by atoms with Crippen molar-refractivity contribution in [2.24, 2.45) is 5.92 Å². The highest BCUT2D eigenvalue weighted by Gasteiger charge is 2.20. The molecule has 0 amide bonds. The van der Waals surface area contributed by atoms with Crippen LogP contribution in [0.3, 0.4) is 0 Å². The van der Waals surface area contributed by atoms with Gasteiger partial charge in [-0.3, -0.25) is 0 Å². The molecule has 1 atom stereocenters. The second-order valence-corrected chi connectivity index (χ2v) is 6.51. The van der Waals surface area contributed by atoms with Gasteiger partial charge in [0.2, 0.25) is 0 Å². The lowest BCUT2D eigenvalue weighted by atomic mass is 9.95. The molecule has 0 saturated carbocycles. The van der Waals surface area contributed by atoms with Gasteiger partial charge in [-0.05, 0) is 25.7 Å². The molecule has 1 heterocycles. The molecule has 1 unspecified atom stereocenters. The van der Waals surface area contributed by atoms with E-state index < -0.39 is 0 Å². The first-order valence-corrected chi connectivity index (χ1v) is 7.25. The van der Waals surface area contributed by atoms with Gasteiger partial charge in [-0.25, -0.2) is 9.97 Å². The van der Waals surface area contributed by atoms with Crippen LogP contribution in [0.2, 0.25) is 0 Å². The Bertz CT molecular complexity index is 440. The predicted octanol–water partition coefficient (Wildman–Crippen LogP) is 2.49. The number of hydrogen-bond donors (Lipinski definition) is 3. The third-order valence-electron chi connectivity index (χ3n) is 3.33. The number of nitrogen functional groups attached to an aromatic ring is 1. The van der Waals surface area contributed by atoms with Crippen LogP contribution in [0.15, 0.2) is 0 Å². The van der Waals surface area contributed by atoms with Crippen molar-refractivity contribution in [1.82, 2.24) is 9.97 Å². The normalized spacial score (nSPS) is 13.3. The number of aliphatic hydroxyl groups excluding tert-OH is 1. The van der Waals surface area contributed by atoms with E-state index in [0.717, 1.165) is 36.6 Å². The number of rotatable bonds is 6. The predicted molar refractivity (Wildman–Crippen MR) is 83.9 cm³/mol. The maximum Gasteiger partial charge on any atom is 0.138 e. The standard InChI is InChI=1S/C15H28N4O/c1-10(9-20)7-6-8-17-13-11(2)12(16)18-14(19-13)15(3,4)5/h10,20H,6-9H2,1-5H3,(H3,16,17,18,19). The Balaban J connectivity index is 2.72. The van der Waals surface area contributed by atoms with Crippen molar-refractivity contribution in [3.63, 3.8) is 0 Å². The van der Waals surface area contributed by atoms with Crippen LogP contribution in [0, 0.1) is 12.8 Å². The van der Waals surface area contributed by atoms with Crippen molar-refractivity contribution in [1.29, 1.82) is 0 Å². The van der Waals surface area contributed by atoms with E-state index in [1.165, 1.54) is 0 Å². The number of aromatic nitrogens is 2. The van der Waals surface area contributed by atoms with Crippen molar-refractivity contribution in [3.05, 3.63) is 11.4 Å². The quantitative estimate of drug-likeness (QED) is 0.697. The summed E-state index contributed by atoms with van der Waals surface area (Å²) in [6.45, 7) is 11.3. The van der Waals surface area contributed by atoms with Crippen LogP contribution in [-0.2, 0) is 5.41 Å². The topological polar surface area (TPSA) is 84.1 Å². The summed E-state index contributed by atoms with van der Waals surface area (Å²) in [5, 5.41) is 12.3. The summed E-state index contributed by atoms with van der Waals surface area (Å²) in [4.78, 5) is 8.96. The Labute approximate surface area is 122 Å². The van der Waals surface area contributed by atoms with Gasteiger partial charge in [0.05, 0.1) is 0 Å². The first-order valence-electron chi connectivity index (χ1n) is 7.25. The molecule has 1 aromatic heterocycles. The molecule has 5 nitrogen and oxygen atoms in total. The van der Waals surface area contributed by atoms with Crippen molar-refractivity contribution in [2.75, 3.05) is 24.2 Å². The molecule has 1 aromatic rings. The molecule has 4 N–H and O–H groups in total. The van der Waals surface area contributed by atoms with Crippen LogP contribution in [0.25, 0.3) is 0 Å². The van der Waals surface area contributed by atoms with Gasteiger partial charge in [0, 0.05) is 24.1 Å². The minimum Gasteiger partial charge on any atom is -0.396 e. The highest BCUT2D eigenvalue weighted by molar-refractivity contribution is 5.55. The largest absolute Gasteiger partial charge is 0.396 e. The molecule has 0 aliphatic heterocycles. The van der Waals surface area contributed by atoms with Gasteiger partial charge in [-0.15, -0.1) is 0 Å². The van der Waals surface area contributed by atoms with E-state index in [9.17, 15) is 0 Å². The molecule has 5 heteroatoms. The van der Waals surface area contributed by atoms with Crippen LogP contribution < -0.4 is 11.1 Å². The minimum absolute atomic E-state index is 0.121. The Morgan fingerprint density at radius 3 is 2.50 bits per heavy atom. The smallest absolute Gasteiger partial charge is 0.138 e. The molecule has 20 heavy (non-hydrogen) atoms. The highest BCUT2D eigenvalue weighted by atomic mass is 16.3. The van der Waals surface area contributed by atoms with Gasteiger partial charge in [-0.2, -0.15) is 0 Å². The summed E-state index contributed by atoms with van der Waals surface area (Å²) in [5.74, 6) is 2.46. The van der Waals surface area contributed by atoms with Gasteiger partial charge >= 0.3 is 0 Å². The lowest BCUT2D eigenvalue weighted by Gasteiger charge is -2.20. The lowest BCUT2D eigenvalue weighted by Crippen LogP contribution is -2.19. The first-order chi connectivity index (χ1) is 9.25. The van der Waals surface area contributed by atoms with Crippen LogP contribution in [0.5, 0.6) is 0 Å². The number of nitrogens with two attached hydrogens (primary N) is 1. The summed E-state index contributed by atoms with van der Waals surface area (Å²) in [5.41, 5.74) is 6.74. The maximum absolute atomic E-state index is 9.00. The fourth-order valence-corrected chi connectivity index (χ4v) is 1.79. The molecule has 0 aliphatic rings. The molecule has 0 fully saturated rings. The third kappa shape index (κ3) is 4.63. The number of anilines is 2. The molecule has 0 aromatic carbocycles. The molecule has 0 spiro atoms. The van der Waals surface area contributed by atoms with Crippen molar-refractivity contribution < 1.29 is 5.11 Å². The minimum atomic E-state index is -0.121. The molecular formula is C15H28N4O. The number of aliphatic hydroxyl groups is 1. The molecular weight excluding hydrogens is 252 g/mol. The Morgan fingerprint density at radius 1 is 1.30 bits per heavy atom. The van der Waals surface area contributed by atoms with Gasteiger partial charge < -0.3 is 16.2 Å². The van der Waals surface area contributed by atoms with Crippen molar-refractivity contribution in [2.45, 2.75) is 52.9 Å². The summed E-state index contributed by atoms with van der Waals surface area (Å²) in [6, 6.07) is 0. The van der Waals surface area contributed by atoms with E-state index in [2.05, 4.69) is 36.1 Å². The monoisotopic (exact) mass is 280 g/mol. The van der Waals surface area contributed by atoms with Gasteiger partial charge in [-0.1, -0.05) is 27.7 Å². The average Bonchev–Trinajstić information content (AvgIpc) is 2.37. The van der Waals surface area contributed by atoms with E-state index in [1.54, 1.807) is 0 Å². The summed E-state index contributed by atoms with van der Waals surface area (Å²) < 4.78 is 0. The van der Waals surface area contributed by atoms with E-state index in [1.807, 2.05) is 13.8 Å². The second-order valence-electron chi connectivity index (χ2n) is 6.51. The zero-order valence-electron chi connectivity index (χ0n) is 13.3. The van der Waals surface area contributed by atoms with Crippen molar-refractivity contribution in [3.8, 4) is 0 Å². The number of nitrogens with zero attached hydrogens (tertiary/aromatic N) is 2. The van der Waals surface area contributed by atoms with E-state index >= 15 is 0 Å². The van der Waals surface area contributed by atoms with Crippen molar-refractivity contribution >= 4 is 11.6 Å². The summed E-state index contributed by atoms with van der Waals surface area (Å²) in [7, 11) is 0. The van der Waals surface area contributed by atoms with E-state index in [-0.39, 0.29) is 12.0 Å². The van der Waals surface area contributed by atoms with E-state index in [4.69, 9.17) is 10.8 Å². The van der Waals surface area contributed by atoms with Crippen LogP contribution in [-0.4, -0.2) is 28.2 Å². The molecule has 0 bridgehead atoms. The highest BCUT2D eigenvalue weighted by Crippen LogP contribution is 2.24. The fraction of sp³-hybridized carbons (Fsp3) is 0.733. The fourth-order valence-electron chi connectivity index (χ4n) is 1.79. The average molecular weight is 280 g/mol. The van der Waals surface area contributed by atoms with Gasteiger partial charge in [0.1, 0.15) is 17.5 Å². The third-order valence-corrected chi connectivity index (χ3v) is 3.33. The van der Waals surface area contributed by atoms with Gasteiger partial charge in [0.25, 0.3) is 0 Å². The number of hydrogen-bond acceptors (Lipinski definition) is 5. The van der Waals surface area contributed by atoms with Crippen LogP contribution >= 0.6 is 0 Å². The van der Waals surface area contributed by atoms with Gasteiger partial charge in [0.15, 0.2) is 0 Å². The molecule has 0 saturated heterocycles. The first kappa shape index (κ1) is 16.7. The molecule has 0 aliphatic carbocycles. The Morgan fingerprint density at radius 2 is 1.95 bits per heavy atom. The van der Waals surface area contributed by atoms with Crippen LogP contribution in [0.4, 0.5) is 11.6 Å². The summed E-state index contributed by atoms with van der Waals surface area (Å²) in [6.07, 6.45) is 1.99. The molecule has 1 rings (SSSR count). The second kappa shape index (κ2) is 6.88. The summed E-state index contributed by atoms with van der Waals surface area (Å²) >= 11 is 0. The Hall–Kier alpha value is -1.36. The lowest BCUT2D eigenvalue weighted by molar-refractivity contribution is 0.229.